The Bertz CT molecular complexity index is 358. The van der Waals surface area contributed by atoms with Crippen molar-refractivity contribution in [1.29, 1.82) is 0 Å². The molecule has 2 rings (SSSR count). The second kappa shape index (κ2) is 5.62. The number of thiophene rings is 1. The third-order valence-electron chi connectivity index (χ3n) is 2.58. The third-order valence-corrected chi connectivity index (χ3v) is 3.56. The standard InChI is InChI=1S/C13H18O2S/c1-10(2)4-3-5-11-6-9-16-12(11)13-14-7-8-15-13/h4,6,9,13H,3,5,7-8H2,1-2H3. The zero-order valence-corrected chi connectivity index (χ0v) is 10.7. The molecule has 0 amide bonds. The van der Waals surface area contributed by atoms with Gasteiger partial charge in [-0.15, -0.1) is 11.3 Å². The minimum Gasteiger partial charge on any atom is -0.345 e. The van der Waals surface area contributed by atoms with Gasteiger partial charge in [-0.3, -0.25) is 0 Å². The smallest absolute Gasteiger partial charge is 0.193 e. The minimum atomic E-state index is -0.110. The van der Waals surface area contributed by atoms with Gasteiger partial charge in [0.25, 0.3) is 0 Å². The van der Waals surface area contributed by atoms with Gasteiger partial charge in [0.15, 0.2) is 6.29 Å². The summed E-state index contributed by atoms with van der Waals surface area (Å²) in [5.41, 5.74) is 2.75. The molecule has 1 aromatic rings. The Balaban J connectivity index is 1.98. The van der Waals surface area contributed by atoms with Gasteiger partial charge in [-0.1, -0.05) is 11.6 Å². The highest BCUT2D eigenvalue weighted by Gasteiger charge is 2.21. The largest absolute Gasteiger partial charge is 0.345 e. The minimum absolute atomic E-state index is 0.110. The van der Waals surface area contributed by atoms with Crippen LogP contribution in [0.4, 0.5) is 0 Å². The van der Waals surface area contributed by atoms with E-state index in [1.807, 2.05) is 0 Å². The van der Waals surface area contributed by atoms with Crippen LogP contribution in [0, 0.1) is 0 Å². The Morgan fingerprint density at radius 1 is 1.44 bits per heavy atom. The number of aryl methyl sites for hydroxylation is 1. The van der Waals surface area contributed by atoms with E-state index in [0.29, 0.717) is 0 Å². The van der Waals surface area contributed by atoms with Crippen LogP contribution in [0.15, 0.2) is 23.1 Å². The molecule has 0 unspecified atom stereocenters. The number of hydrogen-bond donors (Lipinski definition) is 0. The SMILES string of the molecule is CC(C)=CCCc1ccsc1C1OCCO1. The maximum Gasteiger partial charge on any atom is 0.193 e. The van der Waals surface area contributed by atoms with Gasteiger partial charge in [0.1, 0.15) is 0 Å². The van der Waals surface area contributed by atoms with E-state index in [2.05, 4.69) is 31.4 Å². The van der Waals surface area contributed by atoms with Crippen molar-refractivity contribution in [3.63, 3.8) is 0 Å². The quantitative estimate of drug-likeness (QED) is 0.745. The molecule has 0 spiro atoms. The molecular weight excluding hydrogens is 220 g/mol. The van der Waals surface area contributed by atoms with Gasteiger partial charge in [-0.2, -0.15) is 0 Å². The Morgan fingerprint density at radius 3 is 2.88 bits per heavy atom. The van der Waals surface area contributed by atoms with Crippen LogP contribution in [-0.2, 0) is 15.9 Å². The molecular formula is C13H18O2S. The van der Waals surface area contributed by atoms with Crippen LogP contribution >= 0.6 is 11.3 Å². The van der Waals surface area contributed by atoms with Gasteiger partial charge in [-0.05, 0) is 43.7 Å². The van der Waals surface area contributed by atoms with Crippen molar-refractivity contribution >= 4 is 11.3 Å². The first-order valence-corrected chi connectivity index (χ1v) is 6.58. The van der Waals surface area contributed by atoms with E-state index in [9.17, 15) is 0 Å². The van der Waals surface area contributed by atoms with Crippen molar-refractivity contribution in [2.24, 2.45) is 0 Å². The fraction of sp³-hybridized carbons (Fsp3) is 0.538. The summed E-state index contributed by atoms with van der Waals surface area (Å²) in [4.78, 5) is 1.25. The molecule has 1 aliphatic rings. The fourth-order valence-electron chi connectivity index (χ4n) is 1.79. The second-order valence-electron chi connectivity index (χ2n) is 4.20. The molecule has 1 aliphatic heterocycles. The summed E-state index contributed by atoms with van der Waals surface area (Å²) in [6.45, 7) is 5.71. The molecule has 2 heterocycles. The summed E-state index contributed by atoms with van der Waals surface area (Å²) in [5, 5.41) is 2.12. The van der Waals surface area contributed by atoms with Crippen molar-refractivity contribution in [3.05, 3.63) is 33.5 Å². The van der Waals surface area contributed by atoms with E-state index < -0.39 is 0 Å². The van der Waals surface area contributed by atoms with Gasteiger partial charge < -0.3 is 9.47 Å². The lowest BCUT2D eigenvalue weighted by Gasteiger charge is -2.09. The average molecular weight is 238 g/mol. The molecule has 0 atom stereocenters. The lowest BCUT2D eigenvalue weighted by atomic mass is 10.1. The van der Waals surface area contributed by atoms with Gasteiger partial charge >= 0.3 is 0 Å². The van der Waals surface area contributed by atoms with Gasteiger partial charge in [-0.25, -0.2) is 0 Å². The zero-order chi connectivity index (χ0) is 11.4. The second-order valence-corrected chi connectivity index (χ2v) is 5.15. The molecule has 0 N–H and O–H groups in total. The highest BCUT2D eigenvalue weighted by molar-refractivity contribution is 7.10. The summed E-state index contributed by atoms with van der Waals surface area (Å²) in [7, 11) is 0. The average Bonchev–Trinajstić information content (AvgIpc) is 2.84. The maximum atomic E-state index is 5.54. The van der Waals surface area contributed by atoms with Gasteiger partial charge in [0.05, 0.1) is 18.1 Å². The molecule has 0 saturated carbocycles. The van der Waals surface area contributed by atoms with Crippen molar-refractivity contribution in [2.75, 3.05) is 13.2 Å². The maximum absolute atomic E-state index is 5.54. The van der Waals surface area contributed by atoms with E-state index in [-0.39, 0.29) is 6.29 Å². The molecule has 0 radical (unpaired) electrons. The number of hydrogen-bond acceptors (Lipinski definition) is 3. The molecule has 3 heteroatoms. The molecule has 1 aromatic heterocycles. The lowest BCUT2D eigenvalue weighted by Crippen LogP contribution is -1.98. The van der Waals surface area contributed by atoms with Crippen molar-refractivity contribution in [1.82, 2.24) is 0 Å². The summed E-state index contributed by atoms with van der Waals surface area (Å²) >= 11 is 1.73. The number of ether oxygens (including phenoxy) is 2. The number of allylic oxidation sites excluding steroid dienone is 2. The highest BCUT2D eigenvalue weighted by atomic mass is 32.1. The van der Waals surface area contributed by atoms with E-state index in [0.717, 1.165) is 26.1 Å². The van der Waals surface area contributed by atoms with Crippen LogP contribution in [0.3, 0.4) is 0 Å². The van der Waals surface area contributed by atoms with Crippen molar-refractivity contribution < 1.29 is 9.47 Å². The van der Waals surface area contributed by atoms with Crippen molar-refractivity contribution in [2.45, 2.75) is 33.0 Å². The Morgan fingerprint density at radius 2 is 2.19 bits per heavy atom. The topological polar surface area (TPSA) is 18.5 Å². The van der Waals surface area contributed by atoms with Crippen molar-refractivity contribution in [3.8, 4) is 0 Å². The van der Waals surface area contributed by atoms with Crippen LogP contribution in [-0.4, -0.2) is 13.2 Å². The Hall–Kier alpha value is -0.640. The van der Waals surface area contributed by atoms with Crippen LogP contribution in [0.1, 0.15) is 37.0 Å². The normalized spacial score (nSPS) is 16.6. The van der Waals surface area contributed by atoms with E-state index in [1.54, 1.807) is 11.3 Å². The molecule has 0 bridgehead atoms. The lowest BCUT2D eigenvalue weighted by molar-refractivity contribution is -0.0418. The Kier molecular flexibility index (Phi) is 4.16. The van der Waals surface area contributed by atoms with Gasteiger partial charge in [0.2, 0.25) is 0 Å². The number of rotatable bonds is 4. The predicted molar refractivity (Wildman–Crippen MR) is 66.7 cm³/mol. The Labute approximate surface area is 101 Å². The van der Waals surface area contributed by atoms with E-state index >= 15 is 0 Å². The molecule has 0 aromatic carbocycles. The molecule has 0 aliphatic carbocycles. The van der Waals surface area contributed by atoms with Crippen LogP contribution in [0.25, 0.3) is 0 Å². The third kappa shape index (κ3) is 2.94. The van der Waals surface area contributed by atoms with E-state index in [1.165, 1.54) is 16.0 Å². The molecule has 88 valence electrons. The fourth-order valence-corrected chi connectivity index (χ4v) is 2.73. The van der Waals surface area contributed by atoms with E-state index in [4.69, 9.17) is 9.47 Å². The summed E-state index contributed by atoms with van der Waals surface area (Å²) in [6, 6.07) is 2.18. The molecule has 1 fully saturated rings. The van der Waals surface area contributed by atoms with Crippen LogP contribution < -0.4 is 0 Å². The summed E-state index contributed by atoms with van der Waals surface area (Å²) in [5.74, 6) is 0. The first-order valence-electron chi connectivity index (χ1n) is 5.70. The first-order chi connectivity index (χ1) is 7.77. The van der Waals surface area contributed by atoms with Crippen LogP contribution in [0.5, 0.6) is 0 Å². The van der Waals surface area contributed by atoms with Gasteiger partial charge in [0, 0.05) is 0 Å². The predicted octanol–water partition coefficient (Wildman–Crippen LogP) is 3.69. The molecule has 1 saturated heterocycles. The zero-order valence-electron chi connectivity index (χ0n) is 9.86. The summed E-state index contributed by atoms with van der Waals surface area (Å²) < 4.78 is 11.1. The molecule has 16 heavy (non-hydrogen) atoms. The summed E-state index contributed by atoms with van der Waals surface area (Å²) in [6.07, 6.45) is 4.34. The molecule has 2 nitrogen and oxygen atoms in total. The first kappa shape index (κ1) is 11.8. The highest BCUT2D eigenvalue weighted by Crippen LogP contribution is 2.31. The van der Waals surface area contributed by atoms with Crippen LogP contribution in [0.2, 0.25) is 0 Å². The monoisotopic (exact) mass is 238 g/mol.